The third-order valence-electron chi connectivity index (χ3n) is 7.10. The van der Waals surface area contributed by atoms with Crippen LogP contribution in [-0.2, 0) is 29.0 Å². The van der Waals surface area contributed by atoms with E-state index in [1.807, 2.05) is 66.7 Å². The Morgan fingerprint density at radius 2 is 1.46 bits per heavy atom. The number of hydrogen-bond acceptors (Lipinski definition) is 2. The van der Waals surface area contributed by atoms with Crippen LogP contribution < -0.4 is 5.32 Å². The summed E-state index contributed by atoms with van der Waals surface area (Å²) < 4.78 is 0. The van der Waals surface area contributed by atoms with Gasteiger partial charge in [0.05, 0.1) is 6.42 Å². The second-order valence-corrected chi connectivity index (χ2v) is 9.80. The molecule has 1 aliphatic carbocycles. The smallest absolute Gasteiger partial charge is 0.243 e. The third-order valence-corrected chi connectivity index (χ3v) is 7.10. The molecule has 3 aromatic carbocycles. The van der Waals surface area contributed by atoms with Crippen molar-refractivity contribution in [2.75, 3.05) is 0 Å². The fourth-order valence-corrected chi connectivity index (χ4v) is 4.89. The van der Waals surface area contributed by atoms with Crippen LogP contribution >= 0.6 is 0 Å². The van der Waals surface area contributed by atoms with Crippen molar-refractivity contribution < 1.29 is 9.59 Å². The molecule has 1 saturated carbocycles. The van der Waals surface area contributed by atoms with Gasteiger partial charge in [0.15, 0.2) is 0 Å². The van der Waals surface area contributed by atoms with Gasteiger partial charge < -0.3 is 10.2 Å². The van der Waals surface area contributed by atoms with Gasteiger partial charge in [-0.05, 0) is 54.5 Å². The van der Waals surface area contributed by atoms with Crippen molar-refractivity contribution in [2.24, 2.45) is 0 Å². The number of nitrogens with one attached hydrogen (secondary N) is 1. The molecule has 4 rings (SSSR count). The molecule has 4 heteroatoms. The van der Waals surface area contributed by atoms with Crippen LogP contribution in [0.4, 0.5) is 0 Å². The SMILES string of the molecule is Cc1ccc(CC(=O)N(Cc2ccccc2)[C@@H](Cc2ccccc2)C(=O)NC2CCCC2)cc1C. The summed E-state index contributed by atoms with van der Waals surface area (Å²) in [5, 5.41) is 3.27. The molecule has 1 N–H and O–H groups in total. The Morgan fingerprint density at radius 3 is 2.09 bits per heavy atom. The number of nitrogens with zero attached hydrogens (tertiary/aromatic N) is 1. The molecule has 0 heterocycles. The minimum absolute atomic E-state index is 0.0281. The van der Waals surface area contributed by atoms with Crippen molar-refractivity contribution in [3.8, 4) is 0 Å². The number of rotatable bonds is 9. The standard InChI is InChI=1S/C31H36N2O2/c1-23-17-18-27(19-24(23)2)21-30(34)33(22-26-13-7-4-8-14-26)29(20-25-11-5-3-6-12-25)31(35)32-28-15-9-10-16-28/h3-8,11-14,17-19,28-29H,9-10,15-16,20-22H2,1-2H3,(H,32,35)/t29-/m0/s1. The zero-order chi connectivity index (χ0) is 24.6. The Bertz CT molecular complexity index is 1120. The molecule has 0 spiro atoms. The lowest BCUT2D eigenvalue weighted by molar-refractivity contribution is -0.141. The van der Waals surface area contributed by atoms with Gasteiger partial charge in [-0.25, -0.2) is 0 Å². The Labute approximate surface area is 209 Å². The summed E-state index contributed by atoms with van der Waals surface area (Å²) in [4.78, 5) is 29.3. The molecule has 1 aliphatic rings. The molecule has 1 atom stereocenters. The molecule has 0 unspecified atom stereocenters. The summed E-state index contributed by atoms with van der Waals surface area (Å²) in [5.74, 6) is -0.0790. The molecular formula is C31H36N2O2. The van der Waals surface area contributed by atoms with Gasteiger partial charge in [0.25, 0.3) is 0 Å². The van der Waals surface area contributed by atoms with E-state index in [0.29, 0.717) is 13.0 Å². The first-order valence-electron chi connectivity index (χ1n) is 12.7. The maximum atomic E-state index is 13.8. The molecule has 0 bridgehead atoms. The largest absolute Gasteiger partial charge is 0.352 e. The first-order chi connectivity index (χ1) is 17.0. The van der Waals surface area contributed by atoms with E-state index < -0.39 is 6.04 Å². The van der Waals surface area contributed by atoms with Crippen LogP contribution in [0.2, 0.25) is 0 Å². The molecule has 0 radical (unpaired) electrons. The van der Waals surface area contributed by atoms with E-state index in [2.05, 4.69) is 31.3 Å². The molecule has 3 aromatic rings. The highest BCUT2D eigenvalue weighted by Crippen LogP contribution is 2.21. The molecular weight excluding hydrogens is 432 g/mol. The van der Waals surface area contributed by atoms with Crippen LogP contribution in [-0.4, -0.2) is 28.8 Å². The second-order valence-electron chi connectivity index (χ2n) is 9.80. The summed E-state index contributed by atoms with van der Waals surface area (Å²) in [6, 6.07) is 25.8. The Balaban J connectivity index is 1.64. The van der Waals surface area contributed by atoms with Gasteiger partial charge in [0, 0.05) is 19.0 Å². The number of carbonyl (C=O) groups excluding carboxylic acids is 2. The summed E-state index contributed by atoms with van der Waals surface area (Å²) in [6.07, 6.45) is 5.08. The zero-order valence-electron chi connectivity index (χ0n) is 20.9. The fraction of sp³-hybridized carbons (Fsp3) is 0.355. The number of aryl methyl sites for hydroxylation is 2. The van der Waals surface area contributed by atoms with Crippen molar-refractivity contribution in [1.82, 2.24) is 10.2 Å². The van der Waals surface area contributed by atoms with E-state index in [1.165, 1.54) is 11.1 Å². The predicted octanol–water partition coefficient (Wildman–Crippen LogP) is 5.54. The monoisotopic (exact) mass is 468 g/mol. The minimum atomic E-state index is -0.572. The van der Waals surface area contributed by atoms with Crippen LogP contribution in [0.1, 0.15) is 53.5 Å². The maximum Gasteiger partial charge on any atom is 0.243 e. The van der Waals surface area contributed by atoms with Crippen molar-refractivity contribution in [3.05, 3.63) is 107 Å². The van der Waals surface area contributed by atoms with Gasteiger partial charge in [-0.3, -0.25) is 9.59 Å². The predicted molar refractivity (Wildman–Crippen MR) is 141 cm³/mol. The highest BCUT2D eigenvalue weighted by atomic mass is 16.2. The Hall–Kier alpha value is -3.40. The van der Waals surface area contributed by atoms with Crippen LogP contribution in [0.15, 0.2) is 78.9 Å². The Kier molecular flexibility index (Phi) is 8.36. The molecule has 35 heavy (non-hydrogen) atoms. The molecule has 1 fully saturated rings. The summed E-state index contributed by atoms with van der Waals surface area (Å²) in [6.45, 7) is 4.55. The third kappa shape index (κ3) is 6.82. The highest BCUT2D eigenvalue weighted by Gasteiger charge is 2.32. The van der Waals surface area contributed by atoms with Crippen molar-refractivity contribution in [1.29, 1.82) is 0 Å². The fourth-order valence-electron chi connectivity index (χ4n) is 4.89. The van der Waals surface area contributed by atoms with Crippen molar-refractivity contribution >= 4 is 11.8 Å². The van der Waals surface area contributed by atoms with Gasteiger partial charge in [0.1, 0.15) is 6.04 Å². The van der Waals surface area contributed by atoms with Crippen LogP contribution in [0, 0.1) is 13.8 Å². The van der Waals surface area contributed by atoms with Crippen molar-refractivity contribution in [2.45, 2.75) is 71.0 Å². The molecule has 0 aliphatic heterocycles. The lowest BCUT2D eigenvalue weighted by atomic mass is 10.00. The summed E-state index contributed by atoms with van der Waals surface area (Å²) >= 11 is 0. The van der Waals surface area contributed by atoms with E-state index in [4.69, 9.17) is 0 Å². The first kappa shape index (κ1) is 24.7. The minimum Gasteiger partial charge on any atom is -0.352 e. The number of carbonyl (C=O) groups is 2. The normalized spacial score (nSPS) is 14.5. The van der Waals surface area contributed by atoms with E-state index in [0.717, 1.165) is 42.4 Å². The molecule has 4 nitrogen and oxygen atoms in total. The second kappa shape index (κ2) is 11.8. The van der Waals surface area contributed by atoms with Crippen LogP contribution in [0.25, 0.3) is 0 Å². The molecule has 0 saturated heterocycles. The van der Waals surface area contributed by atoms with Gasteiger partial charge in [-0.2, -0.15) is 0 Å². The average molecular weight is 469 g/mol. The van der Waals surface area contributed by atoms with E-state index >= 15 is 0 Å². The van der Waals surface area contributed by atoms with Gasteiger partial charge in [0.2, 0.25) is 11.8 Å². The van der Waals surface area contributed by atoms with E-state index in [-0.39, 0.29) is 24.3 Å². The number of hydrogen-bond donors (Lipinski definition) is 1. The van der Waals surface area contributed by atoms with Gasteiger partial charge in [-0.1, -0.05) is 91.7 Å². The lowest BCUT2D eigenvalue weighted by Gasteiger charge is -2.32. The Morgan fingerprint density at radius 1 is 0.829 bits per heavy atom. The number of amides is 2. The average Bonchev–Trinajstić information content (AvgIpc) is 3.38. The number of benzene rings is 3. The van der Waals surface area contributed by atoms with Crippen LogP contribution in [0.5, 0.6) is 0 Å². The lowest BCUT2D eigenvalue weighted by Crippen LogP contribution is -2.52. The quantitative estimate of drug-likeness (QED) is 0.448. The topological polar surface area (TPSA) is 49.4 Å². The maximum absolute atomic E-state index is 13.8. The first-order valence-corrected chi connectivity index (χ1v) is 12.7. The molecule has 2 amide bonds. The van der Waals surface area contributed by atoms with Gasteiger partial charge in [-0.15, -0.1) is 0 Å². The van der Waals surface area contributed by atoms with Crippen LogP contribution in [0.3, 0.4) is 0 Å². The van der Waals surface area contributed by atoms with Crippen molar-refractivity contribution in [3.63, 3.8) is 0 Å². The summed E-state index contributed by atoms with van der Waals surface area (Å²) in [7, 11) is 0. The summed E-state index contributed by atoms with van der Waals surface area (Å²) in [5.41, 5.74) is 5.43. The molecule has 0 aromatic heterocycles. The highest BCUT2D eigenvalue weighted by molar-refractivity contribution is 5.89. The van der Waals surface area contributed by atoms with E-state index in [1.54, 1.807) is 4.90 Å². The zero-order valence-corrected chi connectivity index (χ0v) is 20.9. The van der Waals surface area contributed by atoms with E-state index in [9.17, 15) is 9.59 Å². The molecule has 182 valence electrons. The van der Waals surface area contributed by atoms with Gasteiger partial charge >= 0.3 is 0 Å².